The molecule has 1 aliphatic heterocycles. The molecule has 2 aromatic rings. The highest BCUT2D eigenvalue weighted by Crippen LogP contribution is 2.43. The number of halogens is 3. The van der Waals surface area contributed by atoms with Crippen molar-refractivity contribution in [1.29, 1.82) is 0 Å². The van der Waals surface area contributed by atoms with Crippen molar-refractivity contribution in [2.75, 3.05) is 19.5 Å². The Morgan fingerprint density at radius 1 is 0.964 bits per heavy atom. The van der Waals surface area contributed by atoms with Crippen LogP contribution in [0.4, 0.5) is 24.7 Å². The molecule has 0 unspecified atom stereocenters. The van der Waals surface area contributed by atoms with Crippen molar-refractivity contribution in [1.82, 2.24) is 10.2 Å². The highest BCUT2D eigenvalue weighted by atomic mass is 32.2. The summed E-state index contributed by atoms with van der Waals surface area (Å²) in [6.45, 7) is 0. The molecule has 0 fully saturated rings. The second-order valence-electron chi connectivity index (χ2n) is 6.05. The fourth-order valence-electron chi connectivity index (χ4n) is 3.14. The number of fused-ring (bicyclic) bond motifs is 3. The van der Waals surface area contributed by atoms with Crippen molar-refractivity contribution >= 4 is 34.0 Å². The zero-order valence-corrected chi connectivity index (χ0v) is 15.7. The summed E-state index contributed by atoms with van der Waals surface area (Å²) in [4.78, 5) is 0.117. The SMILES string of the molecule is COc1cc2cc3c(Nc4cccc(SC(F)(F)F)c4)[nH][nH]c-3c2cc1OC. The van der Waals surface area contributed by atoms with Gasteiger partial charge in [-0.25, -0.2) is 0 Å². The number of aromatic amines is 2. The molecule has 5 nitrogen and oxygen atoms in total. The van der Waals surface area contributed by atoms with Crippen LogP contribution < -0.4 is 14.8 Å². The van der Waals surface area contributed by atoms with Gasteiger partial charge in [0.05, 0.1) is 19.9 Å². The minimum absolute atomic E-state index is 0.117. The summed E-state index contributed by atoms with van der Waals surface area (Å²) in [7, 11) is 3.15. The van der Waals surface area contributed by atoms with E-state index < -0.39 is 5.51 Å². The summed E-state index contributed by atoms with van der Waals surface area (Å²) < 4.78 is 48.5. The molecular weight excluding hydrogens is 391 g/mol. The van der Waals surface area contributed by atoms with Crippen LogP contribution in [0.25, 0.3) is 22.0 Å². The van der Waals surface area contributed by atoms with E-state index in [1.54, 1.807) is 26.4 Å². The standard InChI is InChI=1S/C19H16F3N3O2S/c1-26-15-7-10-6-14-17(13(10)9-16(15)27-2)24-25-18(14)23-11-4-3-5-12(8-11)28-19(20,21)22/h3-9,23-25H,1-2H3. The summed E-state index contributed by atoms with van der Waals surface area (Å²) in [5.41, 5.74) is -2.04. The molecule has 3 N–H and O–H groups in total. The number of thioether (sulfide) groups is 1. The van der Waals surface area contributed by atoms with E-state index in [0.29, 0.717) is 23.0 Å². The molecule has 0 spiro atoms. The minimum atomic E-state index is -4.33. The first-order chi connectivity index (χ1) is 13.4. The van der Waals surface area contributed by atoms with Crippen LogP contribution in [0.5, 0.6) is 11.5 Å². The highest BCUT2D eigenvalue weighted by Gasteiger charge is 2.29. The van der Waals surface area contributed by atoms with E-state index in [0.717, 1.165) is 22.0 Å². The summed E-state index contributed by atoms with van der Waals surface area (Å²) in [6.07, 6.45) is 0. The molecule has 2 aromatic carbocycles. The number of methoxy groups -OCH3 is 2. The molecule has 9 heteroatoms. The van der Waals surface area contributed by atoms with Gasteiger partial charge >= 0.3 is 5.51 Å². The third kappa shape index (κ3) is 3.45. The van der Waals surface area contributed by atoms with Gasteiger partial charge in [-0.15, -0.1) is 0 Å². The van der Waals surface area contributed by atoms with E-state index in [-0.39, 0.29) is 16.7 Å². The van der Waals surface area contributed by atoms with Crippen molar-refractivity contribution in [2.24, 2.45) is 0 Å². The number of ether oxygens (including phenoxy) is 2. The second kappa shape index (κ2) is 6.90. The lowest BCUT2D eigenvalue weighted by Gasteiger charge is -2.09. The lowest BCUT2D eigenvalue weighted by Crippen LogP contribution is -1.99. The molecule has 2 aliphatic rings. The number of aromatic nitrogens is 2. The first-order valence-corrected chi connectivity index (χ1v) is 9.07. The summed E-state index contributed by atoms with van der Waals surface area (Å²) in [6, 6.07) is 11.9. The number of rotatable bonds is 5. The molecule has 28 heavy (non-hydrogen) atoms. The van der Waals surface area contributed by atoms with E-state index in [1.165, 1.54) is 12.1 Å². The van der Waals surface area contributed by atoms with Gasteiger partial charge in [0.1, 0.15) is 5.82 Å². The number of alkyl halides is 3. The van der Waals surface area contributed by atoms with Gasteiger partial charge in [0.2, 0.25) is 0 Å². The van der Waals surface area contributed by atoms with Gasteiger partial charge in [-0.3, -0.25) is 10.2 Å². The van der Waals surface area contributed by atoms with Crippen LogP contribution in [-0.4, -0.2) is 29.9 Å². The third-order valence-corrected chi connectivity index (χ3v) is 5.03. The largest absolute Gasteiger partial charge is 0.493 e. The van der Waals surface area contributed by atoms with Crippen molar-refractivity contribution in [3.05, 3.63) is 42.5 Å². The first kappa shape index (κ1) is 18.4. The Morgan fingerprint density at radius 3 is 2.43 bits per heavy atom. The van der Waals surface area contributed by atoms with Gasteiger partial charge in [-0.2, -0.15) is 13.2 Å². The van der Waals surface area contributed by atoms with Crippen LogP contribution >= 0.6 is 11.8 Å². The van der Waals surface area contributed by atoms with Crippen LogP contribution in [-0.2, 0) is 0 Å². The zero-order chi connectivity index (χ0) is 19.9. The highest BCUT2D eigenvalue weighted by molar-refractivity contribution is 8.00. The second-order valence-corrected chi connectivity index (χ2v) is 7.19. The predicted octanol–water partition coefficient (Wildman–Crippen LogP) is 5.97. The molecule has 1 aliphatic carbocycles. The molecular formula is C19H16F3N3O2S. The summed E-state index contributed by atoms with van der Waals surface area (Å²) in [5, 5.41) is 11.2. The average molecular weight is 407 g/mol. The zero-order valence-electron chi connectivity index (χ0n) is 14.9. The van der Waals surface area contributed by atoms with E-state index in [2.05, 4.69) is 15.5 Å². The van der Waals surface area contributed by atoms with Gasteiger partial charge < -0.3 is 14.8 Å². The Balaban J connectivity index is 1.68. The number of H-pyrrole nitrogens is 2. The Hall–Kier alpha value is -2.94. The lowest BCUT2D eigenvalue weighted by atomic mass is 10.2. The van der Waals surface area contributed by atoms with Crippen LogP contribution in [0.3, 0.4) is 0 Å². The Morgan fingerprint density at radius 2 is 1.71 bits per heavy atom. The maximum atomic E-state index is 12.6. The van der Waals surface area contributed by atoms with Gasteiger partial charge in [-0.05, 0) is 53.5 Å². The number of nitrogens with one attached hydrogen (secondary N) is 3. The van der Waals surface area contributed by atoms with E-state index in [4.69, 9.17) is 9.47 Å². The first-order valence-electron chi connectivity index (χ1n) is 8.25. The number of benzene rings is 2. The normalized spacial score (nSPS) is 11.9. The Kier molecular flexibility index (Phi) is 4.54. The van der Waals surface area contributed by atoms with Crippen molar-refractivity contribution in [3.8, 4) is 22.8 Å². The quantitative estimate of drug-likeness (QED) is 0.357. The fraction of sp³-hybridized carbons (Fsp3) is 0.158. The molecule has 0 amide bonds. The third-order valence-electron chi connectivity index (χ3n) is 4.31. The van der Waals surface area contributed by atoms with Crippen molar-refractivity contribution in [3.63, 3.8) is 0 Å². The van der Waals surface area contributed by atoms with Gasteiger partial charge in [-0.1, -0.05) is 6.07 Å². The molecule has 0 radical (unpaired) electrons. The monoisotopic (exact) mass is 407 g/mol. The van der Waals surface area contributed by atoms with Crippen LogP contribution in [0.1, 0.15) is 0 Å². The van der Waals surface area contributed by atoms with E-state index >= 15 is 0 Å². The van der Waals surface area contributed by atoms with E-state index in [1.807, 2.05) is 18.2 Å². The van der Waals surface area contributed by atoms with Crippen LogP contribution in [0.2, 0.25) is 0 Å². The number of hydrogen-bond acceptors (Lipinski definition) is 4. The van der Waals surface area contributed by atoms with Crippen LogP contribution in [0, 0.1) is 0 Å². The lowest BCUT2D eigenvalue weighted by molar-refractivity contribution is -0.0328. The molecule has 0 bridgehead atoms. The van der Waals surface area contributed by atoms with Gasteiger partial charge in [0, 0.05) is 21.5 Å². The smallest absolute Gasteiger partial charge is 0.446 e. The fourth-order valence-corrected chi connectivity index (χ4v) is 3.74. The maximum absolute atomic E-state index is 12.6. The molecule has 146 valence electrons. The average Bonchev–Trinajstić information content (AvgIpc) is 3.19. The molecule has 4 rings (SSSR count). The Labute approximate surface area is 162 Å². The van der Waals surface area contributed by atoms with E-state index in [9.17, 15) is 13.2 Å². The molecule has 0 saturated heterocycles. The topological polar surface area (TPSA) is 62.1 Å². The van der Waals surface area contributed by atoms with Gasteiger partial charge in [0.15, 0.2) is 11.5 Å². The minimum Gasteiger partial charge on any atom is -0.493 e. The predicted molar refractivity (Wildman–Crippen MR) is 104 cm³/mol. The number of hydrogen-bond donors (Lipinski definition) is 3. The summed E-state index contributed by atoms with van der Waals surface area (Å²) in [5.74, 6) is 1.89. The van der Waals surface area contributed by atoms with Crippen molar-refractivity contribution < 1.29 is 22.6 Å². The maximum Gasteiger partial charge on any atom is 0.446 e. The molecule has 0 aromatic heterocycles. The molecule has 0 atom stereocenters. The van der Waals surface area contributed by atoms with Gasteiger partial charge in [0.25, 0.3) is 0 Å². The molecule has 1 heterocycles. The Bertz CT molecular complexity index is 1100. The summed E-state index contributed by atoms with van der Waals surface area (Å²) >= 11 is -0.143. The molecule has 0 saturated carbocycles. The number of anilines is 2. The van der Waals surface area contributed by atoms with Crippen LogP contribution in [0.15, 0.2) is 47.4 Å². The van der Waals surface area contributed by atoms with Crippen molar-refractivity contribution in [2.45, 2.75) is 10.4 Å².